The van der Waals surface area contributed by atoms with Gasteiger partial charge in [-0.3, -0.25) is 0 Å². The fourth-order valence-corrected chi connectivity index (χ4v) is 2.25. The Hall–Kier alpha value is -2.01. The summed E-state index contributed by atoms with van der Waals surface area (Å²) in [6, 6.07) is 7.12. The lowest BCUT2D eigenvalue weighted by molar-refractivity contribution is 0.0559. The normalized spacial score (nSPS) is 17.6. The van der Waals surface area contributed by atoms with Crippen molar-refractivity contribution in [1.29, 1.82) is 0 Å². The molecular weight excluding hydrogens is 280 g/mol. The van der Waals surface area contributed by atoms with E-state index in [2.05, 4.69) is 17.2 Å². The topological polar surface area (TPSA) is 59.6 Å². The second-order valence-electron chi connectivity index (χ2n) is 5.69. The highest BCUT2D eigenvalue weighted by Crippen LogP contribution is 2.18. The van der Waals surface area contributed by atoms with Gasteiger partial charge in [-0.2, -0.15) is 0 Å². The number of amides is 2. The number of carbonyl (C=O) groups excluding carboxylic acids is 1. The maximum absolute atomic E-state index is 11.9. The molecule has 2 amide bonds. The molecule has 1 aliphatic heterocycles. The van der Waals surface area contributed by atoms with Gasteiger partial charge < -0.3 is 20.1 Å². The van der Waals surface area contributed by atoms with Crippen LogP contribution in [0.3, 0.4) is 0 Å². The Morgan fingerprint density at radius 3 is 3.09 bits per heavy atom. The minimum Gasteiger partial charge on any atom is -0.489 e. The van der Waals surface area contributed by atoms with Crippen LogP contribution in [0, 0.1) is 5.92 Å². The van der Waals surface area contributed by atoms with Crippen molar-refractivity contribution >= 4 is 11.7 Å². The molecule has 0 spiro atoms. The molecule has 1 aliphatic rings. The Morgan fingerprint density at radius 1 is 1.50 bits per heavy atom. The van der Waals surface area contributed by atoms with E-state index in [-0.39, 0.29) is 6.03 Å². The molecule has 1 saturated heterocycles. The van der Waals surface area contributed by atoms with E-state index in [1.54, 1.807) is 6.07 Å². The predicted molar refractivity (Wildman–Crippen MR) is 87.3 cm³/mol. The molecule has 0 unspecified atom stereocenters. The summed E-state index contributed by atoms with van der Waals surface area (Å²) in [4.78, 5) is 11.9. The minimum absolute atomic E-state index is 0.206. The van der Waals surface area contributed by atoms with Gasteiger partial charge in [0, 0.05) is 24.9 Å². The highest BCUT2D eigenvalue weighted by atomic mass is 16.5. The third-order valence-corrected chi connectivity index (χ3v) is 3.38. The average Bonchev–Trinajstić information content (AvgIpc) is 2.52. The van der Waals surface area contributed by atoms with Crippen LogP contribution < -0.4 is 15.4 Å². The van der Waals surface area contributed by atoms with E-state index in [4.69, 9.17) is 9.47 Å². The van der Waals surface area contributed by atoms with E-state index >= 15 is 0 Å². The molecule has 120 valence electrons. The van der Waals surface area contributed by atoms with Crippen molar-refractivity contribution in [1.82, 2.24) is 5.32 Å². The van der Waals surface area contributed by atoms with Gasteiger partial charge in [0.05, 0.1) is 6.61 Å². The van der Waals surface area contributed by atoms with E-state index in [1.807, 2.05) is 25.1 Å². The smallest absolute Gasteiger partial charge is 0.319 e. The summed E-state index contributed by atoms with van der Waals surface area (Å²) >= 11 is 0. The molecule has 1 aromatic rings. The van der Waals surface area contributed by atoms with Gasteiger partial charge in [-0.05, 0) is 43.4 Å². The quantitative estimate of drug-likeness (QED) is 0.794. The maximum atomic E-state index is 11.9. The highest BCUT2D eigenvalue weighted by molar-refractivity contribution is 5.89. The maximum Gasteiger partial charge on any atom is 0.319 e. The van der Waals surface area contributed by atoms with E-state index in [0.29, 0.717) is 30.5 Å². The van der Waals surface area contributed by atoms with Gasteiger partial charge in [-0.15, -0.1) is 0 Å². The van der Waals surface area contributed by atoms with E-state index < -0.39 is 0 Å². The Morgan fingerprint density at radius 2 is 2.36 bits per heavy atom. The molecule has 0 aromatic heterocycles. The van der Waals surface area contributed by atoms with Gasteiger partial charge in [0.2, 0.25) is 0 Å². The molecular formula is C17H24N2O3. The van der Waals surface area contributed by atoms with Gasteiger partial charge in [-0.25, -0.2) is 4.79 Å². The van der Waals surface area contributed by atoms with Crippen molar-refractivity contribution in [3.63, 3.8) is 0 Å². The van der Waals surface area contributed by atoms with Crippen molar-refractivity contribution in [3.05, 3.63) is 36.4 Å². The highest BCUT2D eigenvalue weighted by Gasteiger charge is 2.14. The van der Waals surface area contributed by atoms with Gasteiger partial charge in [0.1, 0.15) is 12.4 Å². The summed E-state index contributed by atoms with van der Waals surface area (Å²) in [6.45, 7) is 8.37. The van der Waals surface area contributed by atoms with Crippen LogP contribution in [0.4, 0.5) is 10.5 Å². The minimum atomic E-state index is -0.206. The summed E-state index contributed by atoms with van der Waals surface area (Å²) in [7, 11) is 0. The summed E-state index contributed by atoms with van der Waals surface area (Å²) in [5.41, 5.74) is 1.66. The first-order valence-electron chi connectivity index (χ1n) is 7.63. The molecule has 0 saturated carbocycles. The SMILES string of the molecule is C=C(C)COc1cccc(NC(=O)NC[C@H]2CCCOC2)c1. The van der Waals surface area contributed by atoms with Crippen LogP contribution in [-0.2, 0) is 4.74 Å². The van der Waals surface area contributed by atoms with Gasteiger partial charge in [-0.1, -0.05) is 12.6 Å². The Kier molecular flexibility index (Phi) is 6.27. The number of carbonyl (C=O) groups is 1. The number of rotatable bonds is 6. The van der Waals surface area contributed by atoms with Crippen LogP contribution in [-0.4, -0.2) is 32.4 Å². The molecule has 0 bridgehead atoms. The third-order valence-electron chi connectivity index (χ3n) is 3.38. The number of nitrogens with one attached hydrogen (secondary N) is 2. The zero-order chi connectivity index (χ0) is 15.8. The molecule has 1 heterocycles. The number of ether oxygens (including phenoxy) is 2. The third kappa shape index (κ3) is 5.77. The van der Waals surface area contributed by atoms with Crippen molar-refractivity contribution in [3.8, 4) is 5.75 Å². The molecule has 2 rings (SSSR count). The fourth-order valence-electron chi connectivity index (χ4n) is 2.25. The van der Waals surface area contributed by atoms with E-state index in [9.17, 15) is 4.79 Å². The fraction of sp³-hybridized carbons (Fsp3) is 0.471. The van der Waals surface area contributed by atoms with Crippen molar-refractivity contribution in [2.45, 2.75) is 19.8 Å². The molecule has 0 radical (unpaired) electrons. The van der Waals surface area contributed by atoms with Crippen LogP contribution in [0.15, 0.2) is 36.4 Å². The number of hydrogen-bond donors (Lipinski definition) is 2. The lowest BCUT2D eigenvalue weighted by Gasteiger charge is -2.22. The van der Waals surface area contributed by atoms with E-state index in [0.717, 1.165) is 31.6 Å². The van der Waals surface area contributed by atoms with Crippen LogP contribution in [0.2, 0.25) is 0 Å². The molecule has 5 heteroatoms. The molecule has 5 nitrogen and oxygen atoms in total. The Balaban J connectivity index is 1.77. The molecule has 0 aliphatic carbocycles. The first kappa shape index (κ1) is 16.4. The second-order valence-corrected chi connectivity index (χ2v) is 5.69. The Labute approximate surface area is 131 Å². The van der Waals surface area contributed by atoms with Gasteiger partial charge in [0.25, 0.3) is 0 Å². The van der Waals surface area contributed by atoms with Crippen molar-refractivity contribution in [2.24, 2.45) is 5.92 Å². The summed E-state index contributed by atoms with van der Waals surface area (Å²) in [6.07, 6.45) is 2.17. The lowest BCUT2D eigenvalue weighted by atomic mass is 10.0. The molecule has 1 atom stereocenters. The molecule has 22 heavy (non-hydrogen) atoms. The lowest BCUT2D eigenvalue weighted by Crippen LogP contribution is -2.35. The van der Waals surface area contributed by atoms with Gasteiger partial charge in [0.15, 0.2) is 0 Å². The molecule has 1 fully saturated rings. The zero-order valence-electron chi connectivity index (χ0n) is 13.1. The van der Waals surface area contributed by atoms with Crippen LogP contribution in [0.25, 0.3) is 0 Å². The predicted octanol–water partition coefficient (Wildman–Crippen LogP) is 3.19. The first-order chi connectivity index (χ1) is 10.6. The summed E-state index contributed by atoms with van der Waals surface area (Å²) in [5, 5.41) is 5.70. The second kappa shape index (κ2) is 8.44. The number of urea groups is 1. The Bertz CT molecular complexity index is 510. The number of benzene rings is 1. The van der Waals surface area contributed by atoms with Gasteiger partial charge >= 0.3 is 6.03 Å². The zero-order valence-corrected chi connectivity index (χ0v) is 13.1. The monoisotopic (exact) mass is 304 g/mol. The number of anilines is 1. The standard InChI is InChI=1S/C17H24N2O3/c1-13(2)11-22-16-7-3-6-15(9-16)19-17(20)18-10-14-5-4-8-21-12-14/h3,6-7,9,14H,1,4-5,8,10-12H2,2H3,(H2,18,19,20)/t14-/m1/s1. The summed E-state index contributed by atoms with van der Waals surface area (Å²) in [5.74, 6) is 1.12. The molecule has 2 N–H and O–H groups in total. The van der Waals surface area contributed by atoms with Crippen LogP contribution in [0.5, 0.6) is 5.75 Å². The van der Waals surface area contributed by atoms with Crippen molar-refractivity contribution in [2.75, 3.05) is 31.7 Å². The number of hydrogen-bond acceptors (Lipinski definition) is 3. The largest absolute Gasteiger partial charge is 0.489 e. The van der Waals surface area contributed by atoms with Crippen molar-refractivity contribution < 1.29 is 14.3 Å². The molecule has 1 aromatic carbocycles. The van der Waals surface area contributed by atoms with Crippen LogP contribution >= 0.6 is 0 Å². The average molecular weight is 304 g/mol. The van der Waals surface area contributed by atoms with E-state index in [1.165, 1.54) is 0 Å². The van der Waals surface area contributed by atoms with Crippen LogP contribution in [0.1, 0.15) is 19.8 Å². The first-order valence-corrected chi connectivity index (χ1v) is 7.63. The summed E-state index contributed by atoms with van der Waals surface area (Å²) < 4.78 is 11.0.